The summed E-state index contributed by atoms with van der Waals surface area (Å²) in [6.07, 6.45) is 8.86. The molecule has 8 heteroatoms. The first kappa shape index (κ1) is 29.3. The zero-order valence-electron chi connectivity index (χ0n) is 25.5. The number of amides is 1. The van der Waals surface area contributed by atoms with Gasteiger partial charge in [0, 0.05) is 68.6 Å². The van der Waals surface area contributed by atoms with Crippen LogP contribution in [0.1, 0.15) is 49.1 Å². The van der Waals surface area contributed by atoms with E-state index >= 15 is 0 Å². The molecule has 8 nitrogen and oxygen atoms in total. The van der Waals surface area contributed by atoms with Crippen LogP contribution < -0.4 is 10.2 Å². The number of ether oxygens (including phenoxy) is 1. The van der Waals surface area contributed by atoms with E-state index in [0.29, 0.717) is 17.4 Å². The van der Waals surface area contributed by atoms with Crippen LogP contribution in [0.5, 0.6) is 0 Å². The standard InChI is InChI=1S/C35H44N6O2/c1-26-38-17-20-40(26)25-35(29-7-4-3-5-8-29,32-9-6-10-33(32)43-34(42)37-2)30-15-18-39(19-16-30)22-28-23-41(24-28)31-13-11-27(21-36)12-14-31/h3-5,7-8,11-14,17,20,28,30,32-33H,6,9-10,15-16,18-19,22-25H2,1-2H3,(H,37,42). The summed E-state index contributed by atoms with van der Waals surface area (Å²) in [4.78, 5) is 22.1. The SMILES string of the molecule is CNC(=O)OC1CCCC1C(Cn1ccnc1C)(c1ccccc1)C1CCN(CC2CN(c3ccc(C#N)cc3)C2)CC1. The highest BCUT2D eigenvalue weighted by molar-refractivity contribution is 5.67. The van der Waals surface area contributed by atoms with Crippen molar-refractivity contribution in [2.45, 2.75) is 57.1 Å². The third kappa shape index (κ3) is 6.01. The van der Waals surface area contributed by atoms with Gasteiger partial charge in [-0.2, -0.15) is 5.26 Å². The number of alkyl carbamates (subject to hydrolysis) is 1. The Morgan fingerprint density at radius 1 is 1.07 bits per heavy atom. The van der Waals surface area contributed by atoms with Crippen molar-refractivity contribution in [1.82, 2.24) is 19.8 Å². The number of nitriles is 1. The summed E-state index contributed by atoms with van der Waals surface area (Å²) < 4.78 is 8.41. The molecule has 3 fully saturated rings. The van der Waals surface area contributed by atoms with Gasteiger partial charge in [0.05, 0.1) is 11.6 Å². The Morgan fingerprint density at radius 3 is 2.47 bits per heavy atom. The molecule has 3 unspecified atom stereocenters. The topological polar surface area (TPSA) is 86.4 Å². The number of imidazole rings is 1. The summed E-state index contributed by atoms with van der Waals surface area (Å²) in [5, 5.41) is 11.8. The van der Waals surface area contributed by atoms with Gasteiger partial charge in [0.1, 0.15) is 11.9 Å². The van der Waals surface area contributed by atoms with E-state index in [4.69, 9.17) is 10.00 Å². The molecule has 226 valence electrons. The molecule has 2 saturated heterocycles. The molecule has 1 amide bonds. The van der Waals surface area contributed by atoms with E-state index in [1.807, 2.05) is 18.3 Å². The second-order valence-electron chi connectivity index (χ2n) is 12.7. The first-order valence-corrected chi connectivity index (χ1v) is 15.9. The Balaban J connectivity index is 1.20. The van der Waals surface area contributed by atoms with Crippen LogP contribution in [0.4, 0.5) is 10.5 Å². The summed E-state index contributed by atoms with van der Waals surface area (Å²) in [5.41, 5.74) is 3.11. The number of hydrogen-bond acceptors (Lipinski definition) is 6. The van der Waals surface area contributed by atoms with Gasteiger partial charge in [0.2, 0.25) is 0 Å². The van der Waals surface area contributed by atoms with E-state index in [2.05, 4.69) is 86.3 Å². The zero-order valence-corrected chi connectivity index (χ0v) is 25.5. The van der Waals surface area contributed by atoms with Crippen LogP contribution in [0.15, 0.2) is 67.0 Å². The van der Waals surface area contributed by atoms with Crippen LogP contribution in [0.25, 0.3) is 0 Å². The van der Waals surface area contributed by atoms with Crippen molar-refractivity contribution in [3.63, 3.8) is 0 Å². The first-order valence-electron chi connectivity index (χ1n) is 15.9. The van der Waals surface area contributed by atoms with Crippen molar-refractivity contribution in [1.29, 1.82) is 5.26 Å². The molecular formula is C35H44N6O2. The fourth-order valence-corrected chi connectivity index (χ4v) is 8.18. The van der Waals surface area contributed by atoms with Gasteiger partial charge in [-0.05, 0) is 87.9 Å². The van der Waals surface area contributed by atoms with E-state index in [0.717, 1.165) is 77.2 Å². The molecule has 3 aliphatic rings. The molecule has 1 aromatic heterocycles. The van der Waals surface area contributed by atoms with Crippen LogP contribution in [0.3, 0.4) is 0 Å². The fourth-order valence-electron chi connectivity index (χ4n) is 8.18. The highest BCUT2D eigenvalue weighted by Gasteiger charge is 2.53. The van der Waals surface area contributed by atoms with Crippen LogP contribution in [-0.2, 0) is 16.7 Å². The number of anilines is 1. The van der Waals surface area contributed by atoms with Crippen molar-refractivity contribution in [2.24, 2.45) is 17.8 Å². The lowest BCUT2D eigenvalue weighted by molar-refractivity contribution is 0.00180. The van der Waals surface area contributed by atoms with Crippen LogP contribution in [0, 0.1) is 36.0 Å². The summed E-state index contributed by atoms with van der Waals surface area (Å²) >= 11 is 0. The third-order valence-corrected chi connectivity index (χ3v) is 10.4. The number of benzene rings is 2. The first-order chi connectivity index (χ1) is 21.0. The summed E-state index contributed by atoms with van der Waals surface area (Å²) in [5.74, 6) is 2.39. The lowest BCUT2D eigenvalue weighted by Gasteiger charge is -2.51. The van der Waals surface area contributed by atoms with Crippen LogP contribution >= 0.6 is 0 Å². The van der Waals surface area contributed by atoms with Gasteiger partial charge in [-0.25, -0.2) is 9.78 Å². The Hall–Kier alpha value is -3.83. The number of piperidine rings is 1. The predicted octanol–water partition coefficient (Wildman–Crippen LogP) is 5.37. The number of likely N-dealkylation sites (tertiary alicyclic amines) is 1. The number of aromatic nitrogens is 2. The largest absolute Gasteiger partial charge is 0.446 e. The molecule has 6 rings (SSSR count). The van der Waals surface area contributed by atoms with Gasteiger partial charge in [-0.15, -0.1) is 0 Å². The number of aryl methyl sites for hydroxylation is 1. The molecule has 0 bridgehead atoms. The Labute approximate surface area is 255 Å². The van der Waals surface area contributed by atoms with Gasteiger partial charge in [0.25, 0.3) is 0 Å². The third-order valence-electron chi connectivity index (χ3n) is 10.4. The molecule has 0 radical (unpaired) electrons. The average Bonchev–Trinajstić information content (AvgIpc) is 3.66. The normalized spacial score (nSPS) is 22.9. The lowest BCUT2D eigenvalue weighted by atomic mass is 9.58. The molecule has 1 saturated carbocycles. The van der Waals surface area contributed by atoms with E-state index in [-0.39, 0.29) is 23.5 Å². The monoisotopic (exact) mass is 580 g/mol. The number of nitrogens with zero attached hydrogens (tertiary/aromatic N) is 5. The molecular weight excluding hydrogens is 536 g/mol. The zero-order chi connectivity index (χ0) is 29.8. The molecule has 3 aromatic rings. The van der Waals surface area contributed by atoms with E-state index in [1.165, 1.54) is 11.3 Å². The molecule has 3 atom stereocenters. The van der Waals surface area contributed by atoms with Crippen molar-refractivity contribution in [2.75, 3.05) is 44.7 Å². The minimum atomic E-state index is -0.331. The Morgan fingerprint density at radius 2 is 1.81 bits per heavy atom. The molecule has 43 heavy (non-hydrogen) atoms. The molecule has 3 heterocycles. The van der Waals surface area contributed by atoms with Crippen molar-refractivity contribution >= 4 is 11.8 Å². The Kier molecular flexibility index (Phi) is 8.71. The van der Waals surface area contributed by atoms with Crippen molar-refractivity contribution in [3.05, 3.63) is 83.9 Å². The maximum absolute atomic E-state index is 12.5. The van der Waals surface area contributed by atoms with Crippen LogP contribution in [-0.4, -0.2) is 66.4 Å². The number of carbonyl (C=O) groups excluding carboxylic acids is 1. The highest BCUT2D eigenvalue weighted by atomic mass is 16.6. The van der Waals surface area contributed by atoms with Crippen molar-refractivity contribution < 1.29 is 9.53 Å². The number of nitrogens with one attached hydrogen (secondary N) is 1. The smallest absolute Gasteiger partial charge is 0.407 e. The average molecular weight is 581 g/mol. The number of carbonyl (C=O) groups is 1. The molecule has 1 N–H and O–H groups in total. The van der Waals surface area contributed by atoms with E-state index in [9.17, 15) is 4.79 Å². The van der Waals surface area contributed by atoms with E-state index < -0.39 is 0 Å². The van der Waals surface area contributed by atoms with Gasteiger partial charge >= 0.3 is 6.09 Å². The minimum Gasteiger partial charge on any atom is -0.446 e. The molecule has 2 aromatic carbocycles. The van der Waals surface area contributed by atoms with Crippen molar-refractivity contribution in [3.8, 4) is 6.07 Å². The molecule has 2 aliphatic heterocycles. The summed E-state index contributed by atoms with van der Waals surface area (Å²) in [6, 6.07) is 21.2. The maximum Gasteiger partial charge on any atom is 0.407 e. The van der Waals surface area contributed by atoms with Crippen LogP contribution in [0.2, 0.25) is 0 Å². The fraction of sp³-hybridized carbons (Fsp3) is 0.514. The van der Waals surface area contributed by atoms with Gasteiger partial charge in [0.15, 0.2) is 0 Å². The second-order valence-corrected chi connectivity index (χ2v) is 12.7. The summed E-state index contributed by atoms with van der Waals surface area (Å²) in [7, 11) is 1.65. The lowest BCUT2D eigenvalue weighted by Crippen LogP contribution is -2.55. The number of hydrogen-bond donors (Lipinski definition) is 1. The second kappa shape index (κ2) is 12.8. The van der Waals surface area contributed by atoms with Gasteiger partial charge in [-0.3, -0.25) is 0 Å². The van der Waals surface area contributed by atoms with Gasteiger partial charge < -0.3 is 24.4 Å². The van der Waals surface area contributed by atoms with E-state index in [1.54, 1.807) is 7.05 Å². The molecule has 1 aliphatic carbocycles. The summed E-state index contributed by atoms with van der Waals surface area (Å²) in [6.45, 7) is 8.37. The van der Waals surface area contributed by atoms with Gasteiger partial charge in [-0.1, -0.05) is 30.3 Å². The number of rotatable bonds is 9. The minimum absolute atomic E-state index is 0.106. The molecule has 0 spiro atoms. The highest BCUT2D eigenvalue weighted by Crippen LogP contribution is 2.52. The maximum atomic E-state index is 12.5. The quantitative estimate of drug-likeness (QED) is 0.366. The predicted molar refractivity (Wildman–Crippen MR) is 168 cm³/mol. The Bertz CT molecular complexity index is 1400.